The van der Waals surface area contributed by atoms with E-state index in [1.165, 1.54) is 12.1 Å². The van der Waals surface area contributed by atoms with Crippen LogP contribution in [0.1, 0.15) is 50.6 Å². The highest BCUT2D eigenvalue weighted by Gasteiger charge is 2.28. The fourth-order valence-electron chi connectivity index (χ4n) is 3.63. The third kappa shape index (κ3) is 4.99. The number of anilines is 1. The first kappa shape index (κ1) is 23.2. The van der Waals surface area contributed by atoms with Crippen molar-refractivity contribution in [3.05, 3.63) is 91.3 Å². The number of hydrogen-bond donors (Lipinski definition) is 3. The Hall–Kier alpha value is -3.99. The monoisotopic (exact) mass is 525 g/mol. The molecule has 3 aromatic rings. The highest BCUT2D eigenvalue weighted by molar-refractivity contribution is 9.10. The highest BCUT2D eigenvalue weighted by atomic mass is 79.9. The van der Waals surface area contributed by atoms with E-state index in [1.807, 2.05) is 0 Å². The van der Waals surface area contributed by atoms with Gasteiger partial charge in [0.05, 0.1) is 16.3 Å². The number of hydrogen-bond acceptors (Lipinski definition) is 7. The van der Waals surface area contributed by atoms with Crippen LogP contribution >= 0.6 is 15.9 Å². The average molecular weight is 526 g/mol. The zero-order valence-corrected chi connectivity index (χ0v) is 19.6. The maximum atomic E-state index is 12.7. The molecule has 4 rings (SSSR count). The van der Waals surface area contributed by atoms with Gasteiger partial charge in [0, 0.05) is 39.7 Å². The number of rotatable bonds is 5. The van der Waals surface area contributed by atoms with Gasteiger partial charge in [-0.15, -0.1) is 0 Å². The van der Waals surface area contributed by atoms with E-state index < -0.39 is 16.7 Å². The second-order valence-electron chi connectivity index (χ2n) is 7.60. The van der Waals surface area contributed by atoms with Crippen LogP contribution < -0.4 is 16.3 Å². The number of hydrazine groups is 1. The number of furan rings is 1. The van der Waals surface area contributed by atoms with Gasteiger partial charge in [0.2, 0.25) is 0 Å². The number of non-ortho nitro benzene ring substituents is 1. The largest absolute Gasteiger partial charge is 0.455 e. The van der Waals surface area contributed by atoms with Gasteiger partial charge in [-0.2, -0.15) is 5.10 Å². The van der Waals surface area contributed by atoms with Gasteiger partial charge in [-0.3, -0.25) is 36.0 Å². The molecule has 0 unspecified atom stereocenters. The Bertz CT molecular complexity index is 1280. The lowest BCUT2D eigenvalue weighted by atomic mass is 9.93. The molecule has 3 N–H and O–H groups in total. The molecule has 11 heteroatoms. The van der Waals surface area contributed by atoms with Gasteiger partial charge in [0.15, 0.2) is 5.76 Å². The van der Waals surface area contributed by atoms with Gasteiger partial charge in [0.1, 0.15) is 5.76 Å². The highest BCUT2D eigenvalue weighted by Crippen LogP contribution is 2.30. The third-order valence-corrected chi connectivity index (χ3v) is 5.85. The molecule has 34 heavy (non-hydrogen) atoms. The first-order valence-corrected chi connectivity index (χ1v) is 11.2. The number of nitro groups is 1. The van der Waals surface area contributed by atoms with Crippen molar-refractivity contribution in [3.8, 4) is 0 Å². The van der Waals surface area contributed by atoms with Gasteiger partial charge >= 0.3 is 5.91 Å². The quantitative estimate of drug-likeness (QED) is 0.331. The Balaban J connectivity index is 1.47. The smallest absolute Gasteiger partial charge is 0.305 e. The Morgan fingerprint density at radius 1 is 1.03 bits per heavy atom. The van der Waals surface area contributed by atoms with Crippen molar-refractivity contribution in [1.29, 1.82) is 0 Å². The van der Waals surface area contributed by atoms with Gasteiger partial charge in [-0.25, -0.2) is 0 Å². The summed E-state index contributed by atoms with van der Waals surface area (Å²) in [7, 11) is 0. The number of carbonyl (C=O) groups is 2. The van der Waals surface area contributed by atoms with E-state index in [4.69, 9.17) is 4.42 Å². The number of nitro benzene ring substituents is 1. The molecule has 1 heterocycles. The van der Waals surface area contributed by atoms with Gasteiger partial charge in [-0.05, 0) is 56.2 Å². The van der Waals surface area contributed by atoms with Crippen LogP contribution in [0.5, 0.6) is 0 Å². The molecule has 0 fully saturated rings. The van der Waals surface area contributed by atoms with Gasteiger partial charge in [0.25, 0.3) is 11.6 Å². The van der Waals surface area contributed by atoms with E-state index in [-0.39, 0.29) is 11.4 Å². The molecule has 0 bridgehead atoms. The third-order valence-electron chi connectivity index (χ3n) is 5.33. The lowest BCUT2D eigenvalue weighted by Crippen LogP contribution is -2.41. The summed E-state index contributed by atoms with van der Waals surface area (Å²) in [5.41, 5.74) is 10.8. The summed E-state index contributed by atoms with van der Waals surface area (Å²) in [6.07, 6.45) is 2.13. The summed E-state index contributed by atoms with van der Waals surface area (Å²) in [5, 5.41) is 15.3. The van der Waals surface area contributed by atoms with Crippen molar-refractivity contribution < 1.29 is 18.9 Å². The van der Waals surface area contributed by atoms with Crippen LogP contribution in [0.3, 0.4) is 0 Å². The van der Waals surface area contributed by atoms with Gasteiger partial charge in [-0.1, -0.05) is 15.9 Å². The van der Waals surface area contributed by atoms with E-state index in [1.54, 1.807) is 43.3 Å². The topological polar surface area (TPSA) is 139 Å². The molecular weight excluding hydrogens is 506 g/mol. The number of nitrogens with one attached hydrogen (secondary N) is 3. The minimum atomic E-state index is -0.569. The normalized spacial score (nSPS) is 13.8. The predicted octanol–water partition coefficient (Wildman–Crippen LogP) is 4.49. The van der Waals surface area contributed by atoms with E-state index in [0.29, 0.717) is 35.4 Å². The van der Waals surface area contributed by atoms with Crippen molar-refractivity contribution in [2.45, 2.75) is 26.2 Å². The molecule has 0 spiro atoms. The number of fused-ring (bicyclic) bond motifs is 1. The fraction of sp³-hybridized carbons (Fsp3) is 0.174. The van der Waals surface area contributed by atoms with Crippen molar-refractivity contribution in [2.75, 3.05) is 5.43 Å². The summed E-state index contributed by atoms with van der Waals surface area (Å²) in [6, 6.07) is 12.6. The van der Waals surface area contributed by atoms with Gasteiger partial charge < -0.3 is 4.42 Å². The molecule has 10 nitrogen and oxygen atoms in total. The summed E-state index contributed by atoms with van der Waals surface area (Å²) < 4.78 is 6.66. The lowest BCUT2D eigenvalue weighted by Gasteiger charge is -2.13. The van der Waals surface area contributed by atoms with Crippen molar-refractivity contribution in [3.63, 3.8) is 0 Å². The summed E-state index contributed by atoms with van der Waals surface area (Å²) in [5.74, 6) is -0.271. The van der Waals surface area contributed by atoms with E-state index in [0.717, 1.165) is 22.2 Å². The molecule has 0 saturated heterocycles. The van der Waals surface area contributed by atoms with Crippen molar-refractivity contribution >= 4 is 44.8 Å². The Morgan fingerprint density at radius 3 is 2.38 bits per heavy atom. The Morgan fingerprint density at radius 2 is 1.71 bits per heavy atom. The summed E-state index contributed by atoms with van der Waals surface area (Å²) in [6.45, 7) is 1.76. The molecule has 0 radical (unpaired) electrons. The van der Waals surface area contributed by atoms with Crippen LogP contribution in [0, 0.1) is 17.0 Å². The standard InChI is InChI=1S/C23H20BrN5O5/c1-13-20-18(26-25-16-9-11-17(12-10-16)29(32)33)3-2-4-19(20)34-21(13)23(31)28-27-22(30)14-5-7-15(24)8-6-14/h5-12,25H,2-4H2,1H3,(H,27,30)(H,28,31)/b26-18+. The van der Waals surface area contributed by atoms with Crippen LogP contribution in [0.15, 0.2) is 62.5 Å². The molecule has 1 aromatic heterocycles. The Kier molecular flexibility index (Phi) is 6.73. The van der Waals surface area contributed by atoms with Crippen molar-refractivity contribution in [1.82, 2.24) is 10.9 Å². The number of aryl methyl sites for hydroxylation is 1. The number of halogens is 1. The zero-order chi connectivity index (χ0) is 24.2. The van der Waals surface area contributed by atoms with Crippen LogP contribution in [0.2, 0.25) is 0 Å². The minimum absolute atomic E-state index is 0.00767. The average Bonchev–Trinajstić information content (AvgIpc) is 3.18. The molecule has 1 aliphatic carbocycles. The van der Waals surface area contributed by atoms with Crippen LogP contribution in [0.25, 0.3) is 0 Å². The fourth-order valence-corrected chi connectivity index (χ4v) is 3.89. The molecule has 1 aliphatic rings. The SMILES string of the molecule is Cc1c(C(=O)NNC(=O)c2ccc(Br)cc2)oc2c1/C(=N/Nc1ccc([N+](=O)[O-])cc1)CCC2. The predicted molar refractivity (Wildman–Crippen MR) is 129 cm³/mol. The Labute approximate surface area is 202 Å². The second-order valence-corrected chi connectivity index (χ2v) is 8.51. The van der Waals surface area contributed by atoms with E-state index in [9.17, 15) is 19.7 Å². The minimum Gasteiger partial charge on any atom is -0.455 e. The second kappa shape index (κ2) is 9.87. The number of carbonyl (C=O) groups excluding carboxylic acids is 2. The zero-order valence-electron chi connectivity index (χ0n) is 18.1. The van der Waals surface area contributed by atoms with E-state index >= 15 is 0 Å². The lowest BCUT2D eigenvalue weighted by molar-refractivity contribution is -0.384. The molecule has 2 amide bonds. The summed E-state index contributed by atoms with van der Waals surface area (Å²) in [4.78, 5) is 35.3. The first-order chi connectivity index (χ1) is 16.3. The summed E-state index contributed by atoms with van der Waals surface area (Å²) >= 11 is 3.31. The van der Waals surface area contributed by atoms with Crippen LogP contribution in [-0.2, 0) is 6.42 Å². The molecule has 0 aliphatic heterocycles. The maximum Gasteiger partial charge on any atom is 0.305 e. The van der Waals surface area contributed by atoms with Crippen LogP contribution in [0.4, 0.5) is 11.4 Å². The number of benzene rings is 2. The van der Waals surface area contributed by atoms with Crippen molar-refractivity contribution in [2.24, 2.45) is 5.10 Å². The maximum absolute atomic E-state index is 12.7. The molecule has 2 aromatic carbocycles. The molecule has 174 valence electrons. The first-order valence-electron chi connectivity index (χ1n) is 10.4. The van der Waals surface area contributed by atoms with E-state index in [2.05, 4.69) is 37.3 Å². The number of hydrazone groups is 1. The molecule has 0 atom stereocenters. The van der Waals surface area contributed by atoms with Crippen LogP contribution in [-0.4, -0.2) is 22.4 Å². The molecule has 0 saturated carbocycles. The number of nitrogens with zero attached hydrogens (tertiary/aromatic N) is 2. The number of amides is 2. The molecular formula is C23H20BrN5O5.